The van der Waals surface area contributed by atoms with E-state index < -0.39 is 0 Å². The quantitative estimate of drug-likeness (QED) is 0.728. The first-order valence-electron chi connectivity index (χ1n) is 9.75. The minimum absolute atomic E-state index is 0.0228. The molecule has 1 aliphatic rings. The van der Waals surface area contributed by atoms with Crippen LogP contribution in [0.1, 0.15) is 18.4 Å². The highest BCUT2D eigenvalue weighted by molar-refractivity contribution is 6.30. The zero-order valence-corrected chi connectivity index (χ0v) is 17.2. The Kier molecular flexibility index (Phi) is 7.49. The summed E-state index contributed by atoms with van der Waals surface area (Å²) in [6, 6.07) is 14.8. The summed E-state index contributed by atoms with van der Waals surface area (Å²) < 4.78 is 5.59. The zero-order chi connectivity index (χ0) is 20.6. The molecule has 0 atom stereocenters. The van der Waals surface area contributed by atoms with Gasteiger partial charge in [0.2, 0.25) is 5.91 Å². The third-order valence-corrected chi connectivity index (χ3v) is 5.11. The number of halogens is 1. The van der Waals surface area contributed by atoms with Gasteiger partial charge < -0.3 is 15.4 Å². The average molecular weight is 416 g/mol. The Hall–Kier alpha value is -2.57. The normalized spacial score (nSPS) is 15.0. The van der Waals surface area contributed by atoms with Crippen molar-refractivity contribution in [1.82, 2.24) is 10.2 Å². The van der Waals surface area contributed by atoms with Crippen LogP contribution in [0.5, 0.6) is 5.75 Å². The van der Waals surface area contributed by atoms with Crippen LogP contribution in [0, 0.1) is 6.92 Å². The molecular formula is C22H26ClN3O3. The molecule has 7 heteroatoms. The predicted octanol–water partition coefficient (Wildman–Crippen LogP) is 3.25. The van der Waals surface area contributed by atoms with Gasteiger partial charge in [0.1, 0.15) is 5.75 Å². The van der Waals surface area contributed by atoms with Crippen LogP contribution in [0.3, 0.4) is 0 Å². The van der Waals surface area contributed by atoms with Crippen LogP contribution in [0.15, 0.2) is 48.5 Å². The second kappa shape index (κ2) is 10.3. The highest BCUT2D eigenvalue weighted by atomic mass is 35.5. The molecule has 2 amide bonds. The van der Waals surface area contributed by atoms with Gasteiger partial charge in [0.15, 0.2) is 6.61 Å². The summed E-state index contributed by atoms with van der Waals surface area (Å²) in [6.07, 6.45) is 1.62. The molecule has 2 aromatic carbocycles. The smallest absolute Gasteiger partial charge is 0.258 e. The Bertz CT molecular complexity index is 836. The number of carbonyl (C=O) groups is 2. The Morgan fingerprint density at radius 3 is 2.52 bits per heavy atom. The van der Waals surface area contributed by atoms with Gasteiger partial charge in [0.25, 0.3) is 5.91 Å². The van der Waals surface area contributed by atoms with Gasteiger partial charge in [-0.25, -0.2) is 0 Å². The van der Waals surface area contributed by atoms with Crippen molar-refractivity contribution in [2.45, 2.75) is 25.8 Å². The van der Waals surface area contributed by atoms with E-state index in [4.69, 9.17) is 16.3 Å². The number of amides is 2. The monoisotopic (exact) mass is 415 g/mol. The minimum Gasteiger partial charge on any atom is -0.484 e. The number of benzene rings is 2. The lowest BCUT2D eigenvalue weighted by molar-refractivity contribution is -0.124. The van der Waals surface area contributed by atoms with Gasteiger partial charge >= 0.3 is 0 Å². The summed E-state index contributed by atoms with van der Waals surface area (Å²) in [5, 5.41) is 6.56. The van der Waals surface area contributed by atoms with Crippen molar-refractivity contribution in [3.8, 4) is 5.75 Å². The van der Waals surface area contributed by atoms with Gasteiger partial charge in [-0.05, 0) is 55.7 Å². The molecule has 2 aromatic rings. The molecule has 0 radical (unpaired) electrons. The van der Waals surface area contributed by atoms with Crippen molar-refractivity contribution >= 4 is 29.1 Å². The maximum absolute atomic E-state index is 12.2. The van der Waals surface area contributed by atoms with E-state index >= 15 is 0 Å². The fraction of sp³-hybridized carbons (Fsp3) is 0.364. The average Bonchev–Trinajstić information content (AvgIpc) is 2.69. The summed E-state index contributed by atoms with van der Waals surface area (Å²) in [5.74, 6) is 0.494. The molecule has 0 unspecified atom stereocenters. The lowest BCUT2D eigenvalue weighted by Gasteiger charge is -2.31. The highest BCUT2D eigenvalue weighted by Crippen LogP contribution is 2.21. The number of carbonyl (C=O) groups excluding carboxylic acids is 2. The highest BCUT2D eigenvalue weighted by Gasteiger charge is 2.22. The molecule has 1 fully saturated rings. The number of hydrogen-bond donors (Lipinski definition) is 2. The molecule has 154 valence electrons. The van der Waals surface area contributed by atoms with Crippen LogP contribution >= 0.6 is 11.6 Å². The molecule has 0 aromatic heterocycles. The molecule has 1 aliphatic heterocycles. The lowest BCUT2D eigenvalue weighted by Crippen LogP contribution is -2.47. The number of anilines is 1. The van der Waals surface area contributed by atoms with Crippen molar-refractivity contribution in [2.75, 3.05) is 31.6 Å². The van der Waals surface area contributed by atoms with E-state index in [1.54, 1.807) is 18.2 Å². The number of nitrogens with one attached hydrogen (secondary N) is 2. The molecule has 0 bridgehead atoms. The first kappa shape index (κ1) is 21.1. The number of para-hydroxylation sites is 1. The van der Waals surface area contributed by atoms with E-state index in [-0.39, 0.29) is 24.5 Å². The van der Waals surface area contributed by atoms with Gasteiger partial charge in [-0.15, -0.1) is 0 Å². The number of ether oxygens (including phenoxy) is 1. The lowest BCUT2D eigenvalue weighted by atomic mass is 10.1. The second-order valence-corrected chi connectivity index (χ2v) is 7.67. The molecule has 1 saturated heterocycles. The molecule has 0 aliphatic carbocycles. The first-order chi connectivity index (χ1) is 14.0. The van der Waals surface area contributed by atoms with Crippen molar-refractivity contribution in [3.63, 3.8) is 0 Å². The van der Waals surface area contributed by atoms with Gasteiger partial charge in [0.05, 0.1) is 6.54 Å². The van der Waals surface area contributed by atoms with E-state index in [2.05, 4.69) is 15.5 Å². The molecule has 0 saturated carbocycles. The molecule has 29 heavy (non-hydrogen) atoms. The van der Waals surface area contributed by atoms with Gasteiger partial charge in [-0.1, -0.05) is 29.8 Å². The van der Waals surface area contributed by atoms with Crippen molar-refractivity contribution in [1.29, 1.82) is 0 Å². The zero-order valence-electron chi connectivity index (χ0n) is 16.5. The number of rotatable bonds is 7. The number of aryl methyl sites for hydroxylation is 1. The summed E-state index contributed by atoms with van der Waals surface area (Å²) in [4.78, 5) is 26.5. The Morgan fingerprint density at radius 1 is 1.10 bits per heavy atom. The molecule has 0 spiro atoms. The van der Waals surface area contributed by atoms with E-state index in [1.165, 1.54) is 0 Å². The number of nitrogens with zero attached hydrogens (tertiary/aromatic N) is 1. The van der Waals surface area contributed by atoms with Crippen molar-refractivity contribution in [2.24, 2.45) is 0 Å². The Morgan fingerprint density at radius 2 is 1.83 bits per heavy atom. The topological polar surface area (TPSA) is 70.7 Å². The van der Waals surface area contributed by atoms with E-state index in [0.29, 0.717) is 17.3 Å². The fourth-order valence-corrected chi connectivity index (χ4v) is 3.57. The second-order valence-electron chi connectivity index (χ2n) is 7.23. The largest absolute Gasteiger partial charge is 0.484 e. The molecular weight excluding hydrogens is 390 g/mol. The van der Waals surface area contributed by atoms with E-state index in [1.807, 2.05) is 37.3 Å². The summed E-state index contributed by atoms with van der Waals surface area (Å²) in [7, 11) is 0. The van der Waals surface area contributed by atoms with Crippen LogP contribution in [0.25, 0.3) is 0 Å². The van der Waals surface area contributed by atoms with Crippen LogP contribution in [-0.2, 0) is 9.59 Å². The van der Waals surface area contributed by atoms with Crippen LogP contribution in [0.2, 0.25) is 5.02 Å². The Balaban J connectivity index is 1.35. The summed E-state index contributed by atoms with van der Waals surface area (Å²) >= 11 is 5.93. The van der Waals surface area contributed by atoms with E-state index in [9.17, 15) is 9.59 Å². The summed E-state index contributed by atoms with van der Waals surface area (Å²) in [5.41, 5.74) is 1.70. The Labute approximate surface area is 176 Å². The molecule has 1 heterocycles. The third kappa shape index (κ3) is 6.76. The SMILES string of the molecule is Cc1cc(Cl)ccc1OCC(=O)NC1CCN(CC(=O)Nc2ccccc2)CC1. The number of piperidine rings is 1. The summed E-state index contributed by atoms with van der Waals surface area (Å²) in [6.45, 7) is 3.76. The van der Waals surface area contributed by atoms with Gasteiger partial charge in [0, 0.05) is 29.8 Å². The van der Waals surface area contributed by atoms with Crippen molar-refractivity contribution < 1.29 is 14.3 Å². The predicted molar refractivity (Wildman–Crippen MR) is 114 cm³/mol. The molecule has 6 nitrogen and oxygen atoms in total. The van der Waals surface area contributed by atoms with Gasteiger partial charge in [-0.3, -0.25) is 14.5 Å². The van der Waals surface area contributed by atoms with Crippen LogP contribution < -0.4 is 15.4 Å². The minimum atomic E-state index is -0.139. The van der Waals surface area contributed by atoms with Crippen molar-refractivity contribution in [3.05, 3.63) is 59.1 Å². The number of likely N-dealkylation sites (tertiary alicyclic amines) is 1. The molecule has 2 N–H and O–H groups in total. The van der Waals surface area contributed by atoms with Crippen LogP contribution in [-0.4, -0.2) is 49.0 Å². The van der Waals surface area contributed by atoms with E-state index in [0.717, 1.165) is 37.2 Å². The third-order valence-electron chi connectivity index (χ3n) is 4.87. The maximum atomic E-state index is 12.2. The fourth-order valence-electron chi connectivity index (χ4n) is 3.35. The standard InChI is InChI=1S/C22H26ClN3O3/c1-16-13-17(23)7-8-20(16)29-15-22(28)25-19-9-11-26(12-10-19)14-21(27)24-18-5-3-2-4-6-18/h2-8,13,19H,9-12,14-15H2,1H3,(H,24,27)(H,25,28). The van der Waals surface area contributed by atoms with Gasteiger partial charge in [-0.2, -0.15) is 0 Å². The maximum Gasteiger partial charge on any atom is 0.258 e. The van der Waals surface area contributed by atoms with Crippen LogP contribution in [0.4, 0.5) is 5.69 Å². The number of hydrogen-bond acceptors (Lipinski definition) is 4. The first-order valence-corrected chi connectivity index (χ1v) is 10.1. The molecule has 3 rings (SSSR count).